The zero-order valence-electron chi connectivity index (χ0n) is 5.67. The van der Waals surface area contributed by atoms with E-state index >= 15 is 0 Å². The van der Waals surface area contributed by atoms with Crippen LogP contribution in [0.5, 0.6) is 0 Å². The van der Waals surface area contributed by atoms with Crippen LogP contribution in [-0.2, 0) is 9.84 Å². The van der Waals surface area contributed by atoms with Crippen molar-refractivity contribution in [2.75, 3.05) is 6.61 Å². The quantitative estimate of drug-likeness (QED) is 0.571. The maximum Gasteiger partial charge on any atom is 0.153 e. The van der Waals surface area contributed by atoms with Crippen LogP contribution in [0.25, 0.3) is 0 Å². The molecule has 3 heteroatoms. The molecule has 2 unspecified atom stereocenters. The Labute approximate surface area is 59.9 Å². The van der Waals surface area contributed by atoms with Gasteiger partial charge in [0, 0.05) is 6.42 Å². The van der Waals surface area contributed by atoms with Crippen LogP contribution in [0.4, 0.5) is 0 Å². The molecule has 2 radical (unpaired) electrons. The molecule has 0 saturated carbocycles. The highest BCUT2D eigenvalue weighted by Crippen LogP contribution is 2.30. The van der Waals surface area contributed by atoms with Crippen molar-refractivity contribution in [1.82, 2.24) is 0 Å². The Hall–Kier alpha value is -0.540. The van der Waals surface area contributed by atoms with Gasteiger partial charge in [0.05, 0.1) is 6.61 Å². The first-order chi connectivity index (χ1) is 4.57. The fraction of sp³-hybridized carbons (Fsp3) is 0.571. The molecule has 0 bridgehead atoms. The Bertz CT molecular complexity index is 153. The van der Waals surface area contributed by atoms with E-state index < -0.39 is 11.7 Å². The molecule has 1 aliphatic rings. The van der Waals surface area contributed by atoms with Crippen LogP contribution < -0.4 is 0 Å². The van der Waals surface area contributed by atoms with E-state index in [9.17, 15) is 10.2 Å². The van der Waals surface area contributed by atoms with Crippen molar-refractivity contribution in [2.45, 2.75) is 18.1 Å². The molecular formula is C7H10O3. The van der Waals surface area contributed by atoms with Gasteiger partial charge in [-0.15, -0.1) is 0 Å². The van der Waals surface area contributed by atoms with E-state index in [0.717, 1.165) is 0 Å². The standard InChI is InChI=1S/C7H10O3/c1-5(8)7(9)3-4-10-6(7)2/h5,9H,1-4H2. The second-order valence-electron chi connectivity index (χ2n) is 2.43. The third-order valence-electron chi connectivity index (χ3n) is 1.78. The predicted octanol–water partition coefficient (Wildman–Crippen LogP) is 0.285. The molecule has 2 atom stereocenters. The summed E-state index contributed by atoms with van der Waals surface area (Å²) in [5, 5.41) is 20.2. The van der Waals surface area contributed by atoms with Crippen molar-refractivity contribution >= 4 is 0 Å². The number of rotatable bonds is 1. The van der Waals surface area contributed by atoms with Crippen LogP contribution in [0.3, 0.4) is 0 Å². The van der Waals surface area contributed by atoms with Crippen LogP contribution in [0.1, 0.15) is 6.42 Å². The largest absolute Gasteiger partial charge is 0.495 e. The van der Waals surface area contributed by atoms with Gasteiger partial charge in [-0.05, 0) is 6.92 Å². The van der Waals surface area contributed by atoms with E-state index in [1.165, 1.54) is 0 Å². The smallest absolute Gasteiger partial charge is 0.153 e. The zero-order chi connectivity index (χ0) is 7.78. The van der Waals surface area contributed by atoms with E-state index in [2.05, 4.69) is 13.5 Å². The topological polar surface area (TPSA) is 49.4 Å². The average Bonchev–Trinajstić information content (AvgIpc) is 2.15. The molecule has 1 aliphatic heterocycles. The Morgan fingerprint density at radius 1 is 1.80 bits per heavy atom. The lowest BCUT2D eigenvalue weighted by Crippen LogP contribution is -2.38. The Kier molecular flexibility index (Phi) is 1.70. The van der Waals surface area contributed by atoms with Crippen LogP contribution >= 0.6 is 0 Å². The molecule has 0 amide bonds. The molecule has 0 aromatic carbocycles. The van der Waals surface area contributed by atoms with Crippen LogP contribution in [0, 0.1) is 6.92 Å². The van der Waals surface area contributed by atoms with Crippen molar-refractivity contribution in [1.29, 1.82) is 0 Å². The van der Waals surface area contributed by atoms with Gasteiger partial charge >= 0.3 is 0 Å². The molecule has 0 spiro atoms. The first-order valence-corrected chi connectivity index (χ1v) is 3.11. The molecule has 0 aliphatic carbocycles. The van der Waals surface area contributed by atoms with E-state index in [1.54, 1.807) is 0 Å². The third kappa shape index (κ3) is 0.914. The second-order valence-corrected chi connectivity index (χ2v) is 2.43. The number of hydrogen-bond acceptors (Lipinski definition) is 2. The van der Waals surface area contributed by atoms with E-state index in [-0.39, 0.29) is 5.76 Å². The van der Waals surface area contributed by atoms with Crippen molar-refractivity contribution in [3.63, 3.8) is 0 Å². The van der Waals surface area contributed by atoms with Crippen molar-refractivity contribution < 1.29 is 14.9 Å². The number of hydrogen-bond donors (Lipinski definition) is 1. The normalized spacial score (nSPS) is 35.7. The number of aliphatic hydroxyl groups is 1. The van der Waals surface area contributed by atoms with Gasteiger partial charge in [-0.1, -0.05) is 6.58 Å². The monoisotopic (exact) mass is 142 g/mol. The molecule has 1 saturated heterocycles. The lowest BCUT2D eigenvalue weighted by Gasteiger charge is -2.22. The second kappa shape index (κ2) is 2.25. The minimum atomic E-state index is -1.43. The molecule has 1 rings (SSSR count). The highest BCUT2D eigenvalue weighted by Gasteiger charge is 2.42. The van der Waals surface area contributed by atoms with E-state index in [0.29, 0.717) is 13.0 Å². The summed E-state index contributed by atoms with van der Waals surface area (Å²) >= 11 is 0. The summed E-state index contributed by atoms with van der Waals surface area (Å²) < 4.78 is 4.85. The van der Waals surface area contributed by atoms with Gasteiger partial charge in [-0.3, -0.25) is 0 Å². The summed E-state index contributed by atoms with van der Waals surface area (Å²) in [4.78, 5) is 0. The minimum absolute atomic E-state index is 0.155. The van der Waals surface area contributed by atoms with E-state index in [4.69, 9.17) is 4.74 Å². The van der Waals surface area contributed by atoms with Crippen LogP contribution in [0.15, 0.2) is 12.3 Å². The lowest BCUT2D eigenvalue weighted by molar-refractivity contribution is -0.0580. The molecule has 1 fully saturated rings. The molecule has 10 heavy (non-hydrogen) atoms. The molecule has 56 valence electrons. The molecule has 0 aromatic rings. The van der Waals surface area contributed by atoms with Gasteiger partial charge < -0.3 is 9.84 Å². The summed E-state index contributed by atoms with van der Waals surface area (Å²) in [5.41, 5.74) is -1.43. The maximum atomic E-state index is 10.8. The Balaban J connectivity index is 2.75. The van der Waals surface area contributed by atoms with Crippen molar-refractivity contribution in [2.24, 2.45) is 0 Å². The first kappa shape index (κ1) is 7.57. The summed E-state index contributed by atoms with van der Waals surface area (Å²) in [5.74, 6) is 0.155. The SMILES string of the molecule is [CH2]C([O])C1(O)CCOC1=C. The average molecular weight is 142 g/mol. The van der Waals surface area contributed by atoms with Gasteiger partial charge in [0.2, 0.25) is 0 Å². The van der Waals surface area contributed by atoms with Gasteiger partial charge in [0.1, 0.15) is 11.9 Å². The predicted molar refractivity (Wildman–Crippen MR) is 34.5 cm³/mol. The van der Waals surface area contributed by atoms with Gasteiger partial charge in [0.15, 0.2) is 5.60 Å². The molecule has 3 nitrogen and oxygen atoms in total. The number of ether oxygens (including phenoxy) is 1. The van der Waals surface area contributed by atoms with Gasteiger partial charge in [-0.25, -0.2) is 5.11 Å². The zero-order valence-corrected chi connectivity index (χ0v) is 5.67. The van der Waals surface area contributed by atoms with Crippen molar-refractivity contribution in [3.8, 4) is 0 Å². The third-order valence-corrected chi connectivity index (χ3v) is 1.78. The van der Waals surface area contributed by atoms with Gasteiger partial charge in [-0.2, -0.15) is 0 Å². The maximum absolute atomic E-state index is 10.8. The Morgan fingerprint density at radius 3 is 2.60 bits per heavy atom. The van der Waals surface area contributed by atoms with E-state index in [1.807, 2.05) is 0 Å². The van der Waals surface area contributed by atoms with Gasteiger partial charge in [0.25, 0.3) is 0 Å². The minimum Gasteiger partial charge on any atom is -0.495 e. The fourth-order valence-electron chi connectivity index (χ4n) is 0.935. The molecule has 0 aromatic heterocycles. The van der Waals surface area contributed by atoms with Crippen LogP contribution in [-0.4, -0.2) is 23.4 Å². The Morgan fingerprint density at radius 2 is 2.40 bits per heavy atom. The van der Waals surface area contributed by atoms with Crippen LogP contribution in [0.2, 0.25) is 0 Å². The molecular weight excluding hydrogens is 132 g/mol. The summed E-state index contributed by atoms with van der Waals surface area (Å²) in [6.07, 6.45) is -0.994. The van der Waals surface area contributed by atoms with Crippen molar-refractivity contribution in [3.05, 3.63) is 19.3 Å². The fourth-order valence-corrected chi connectivity index (χ4v) is 0.935. The molecule has 1 N–H and O–H groups in total. The summed E-state index contributed by atoms with van der Waals surface area (Å²) in [6, 6.07) is 0. The summed E-state index contributed by atoms with van der Waals surface area (Å²) in [7, 11) is 0. The molecule has 1 heterocycles. The summed E-state index contributed by atoms with van der Waals surface area (Å²) in [6.45, 7) is 6.98. The highest BCUT2D eigenvalue weighted by molar-refractivity contribution is 5.13. The lowest BCUT2D eigenvalue weighted by atomic mass is 9.95. The highest BCUT2D eigenvalue weighted by atomic mass is 16.5. The first-order valence-electron chi connectivity index (χ1n) is 3.11.